The summed E-state index contributed by atoms with van der Waals surface area (Å²) in [5.41, 5.74) is 2.47. The highest BCUT2D eigenvalue weighted by atomic mass is 16.6. The van der Waals surface area contributed by atoms with Crippen molar-refractivity contribution in [1.29, 1.82) is 0 Å². The minimum atomic E-state index is -0.748. The number of rotatable bonds is 34. The molecule has 0 aliphatic carbocycles. The number of benzene rings is 3. The van der Waals surface area contributed by atoms with Crippen molar-refractivity contribution in [2.24, 2.45) is 0 Å². The van der Waals surface area contributed by atoms with Crippen molar-refractivity contribution < 1.29 is 28.8 Å². The first-order valence-corrected chi connectivity index (χ1v) is 20.6. The van der Waals surface area contributed by atoms with E-state index in [1.807, 2.05) is 54.6 Å². The van der Waals surface area contributed by atoms with Gasteiger partial charge in [-0.15, -0.1) is 0 Å². The molecule has 0 radical (unpaired) electrons. The van der Waals surface area contributed by atoms with Crippen LogP contribution in [0.2, 0.25) is 0 Å². The Hall–Kier alpha value is -2.58. The third kappa shape index (κ3) is 18.4. The molecule has 0 saturated heterocycles. The maximum absolute atomic E-state index is 10.2. The van der Waals surface area contributed by atoms with Gasteiger partial charge in [-0.3, -0.25) is 0 Å². The standard InChI is InChI=1S/C46H70O6/c1-2-3-4-5-6-7-8-9-10-11-12-13-14-15-16-26-33-50-40-45(47)41-51-37-36-48-34-35-49-38-39-52-46(42-27-20-17-21-28-42,43-29-22-18-23-30-43)44-31-24-19-25-32-44/h17-25,27-32,45,47H,2-16,26,33-41H2,1H3. The van der Waals surface area contributed by atoms with Crippen LogP contribution < -0.4 is 0 Å². The molecular formula is C46H70O6. The second-order valence-corrected chi connectivity index (χ2v) is 14.0. The largest absolute Gasteiger partial charge is 0.388 e. The molecule has 0 saturated carbocycles. The van der Waals surface area contributed by atoms with Crippen LogP contribution in [0.5, 0.6) is 0 Å². The highest BCUT2D eigenvalue weighted by Crippen LogP contribution is 2.40. The fourth-order valence-electron chi connectivity index (χ4n) is 6.70. The van der Waals surface area contributed by atoms with E-state index in [1.54, 1.807) is 0 Å². The number of hydrogen-bond donors (Lipinski definition) is 1. The molecule has 0 aliphatic rings. The summed E-state index contributed by atoms with van der Waals surface area (Å²) in [6.07, 6.45) is 21.1. The summed E-state index contributed by atoms with van der Waals surface area (Å²) in [7, 11) is 0. The highest BCUT2D eigenvalue weighted by Gasteiger charge is 2.37. The van der Waals surface area contributed by atoms with Gasteiger partial charge in [0.2, 0.25) is 0 Å². The summed E-state index contributed by atoms with van der Waals surface area (Å²) in [6.45, 7) is 6.23. The summed E-state index contributed by atoms with van der Waals surface area (Å²) in [6, 6.07) is 31.1. The maximum Gasteiger partial charge on any atom is 0.143 e. The number of aliphatic hydroxyl groups is 1. The third-order valence-electron chi connectivity index (χ3n) is 9.59. The number of aliphatic hydroxyl groups excluding tert-OH is 1. The van der Waals surface area contributed by atoms with E-state index in [4.69, 9.17) is 23.7 Å². The first-order valence-electron chi connectivity index (χ1n) is 20.6. The summed E-state index contributed by atoms with van der Waals surface area (Å²) >= 11 is 0. The van der Waals surface area contributed by atoms with Crippen LogP contribution in [0.15, 0.2) is 91.0 Å². The predicted molar refractivity (Wildman–Crippen MR) is 214 cm³/mol. The molecule has 6 nitrogen and oxygen atoms in total. The first kappa shape index (κ1) is 43.8. The Bertz CT molecular complexity index is 1090. The molecule has 1 N–H and O–H groups in total. The van der Waals surface area contributed by atoms with Crippen molar-refractivity contribution in [3.05, 3.63) is 108 Å². The van der Waals surface area contributed by atoms with Gasteiger partial charge in [-0.1, -0.05) is 194 Å². The van der Waals surface area contributed by atoms with E-state index < -0.39 is 11.7 Å². The van der Waals surface area contributed by atoms with E-state index in [-0.39, 0.29) is 6.61 Å². The second kappa shape index (κ2) is 29.8. The molecule has 1 unspecified atom stereocenters. The molecular weight excluding hydrogens is 648 g/mol. The number of ether oxygens (including phenoxy) is 5. The molecule has 6 heteroatoms. The molecule has 1 atom stereocenters. The Morgan fingerprint density at radius 3 is 1.13 bits per heavy atom. The lowest BCUT2D eigenvalue weighted by Gasteiger charge is -2.36. The third-order valence-corrected chi connectivity index (χ3v) is 9.59. The molecule has 0 amide bonds. The lowest BCUT2D eigenvalue weighted by Crippen LogP contribution is -2.34. The summed E-state index contributed by atoms with van der Waals surface area (Å²) in [5.74, 6) is 0. The molecule has 52 heavy (non-hydrogen) atoms. The van der Waals surface area contributed by atoms with Crippen LogP contribution in [0.1, 0.15) is 126 Å². The van der Waals surface area contributed by atoms with Crippen molar-refractivity contribution in [2.45, 2.75) is 121 Å². The Morgan fingerprint density at radius 1 is 0.404 bits per heavy atom. The zero-order chi connectivity index (χ0) is 36.6. The predicted octanol–water partition coefficient (Wildman–Crippen LogP) is 10.7. The van der Waals surface area contributed by atoms with Gasteiger partial charge in [-0.05, 0) is 23.1 Å². The van der Waals surface area contributed by atoms with Crippen LogP contribution in [0, 0.1) is 0 Å². The molecule has 3 aromatic rings. The van der Waals surface area contributed by atoms with Gasteiger partial charge in [0.15, 0.2) is 0 Å². The van der Waals surface area contributed by atoms with Crippen molar-refractivity contribution in [3.8, 4) is 0 Å². The van der Waals surface area contributed by atoms with E-state index >= 15 is 0 Å². The van der Waals surface area contributed by atoms with Crippen LogP contribution in [0.4, 0.5) is 0 Å². The fraction of sp³-hybridized carbons (Fsp3) is 0.609. The minimum Gasteiger partial charge on any atom is -0.388 e. The molecule has 0 spiro atoms. The van der Waals surface area contributed by atoms with Gasteiger partial charge < -0.3 is 28.8 Å². The molecule has 290 valence electrons. The van der Waals surface area contributed by atoms with Gasteiger partial charge in [0.25, 0.3) is 0 Å². The van der Waals surface area contributed by atoms with E-state index in [0.717, 1.165) is 23.1 Å². The van der Waals surface area contributed by atoms with Crippen LogP contribution in [0.25, 0.3) is 0 Å². The number of unbranched alkanes of at least 4 members (excludes halogenated alkanes) is 15. The monoisotopic (exact) mass is 719 g/mol. The van der Waals surface area contributed by atoms with Crippen molar-refractivity contribution in [2.75, 3.05) is 59.5 Å². The van der Waals surface area contributed by atoms with Crippen LogP contribution >= 0.6 is 0 Å². The quantitative estimate of drug-likeness (QED) is 0.0490. The normalized spacial score (nSPS) is 12.3. The Labute approximate surface area is 316 Å². The van der Waals surface area contributed by atoms with Gasteiger partial charge in [-0.25, -0.2) is 0 Å². The van der Waals surface area contributed by atoms with E-state index in [9.17, 15) is 5.11 Å². The van der Waals surface area contributed by atoms with Crippen LogP contribution in [-0.4, -0.2) is 70.7 Å². The molecule has 0 aromatic heterocycles. The Morgan fingerprint density at radius 2 is 0.731 bits per heavy atom. The van der Waals surface area contributed by atoms with E-state index in [0.29, 0.717) is 52.9 Å². The molecule has 0 bridgehead atoms. The van der Waals surface area contributed by atoms with Gasteiger partial charge in [0.1, 0.15) is 11.7 Å². The van der Waals surface area contributed by atoms with Crippen molar-refractivity contribution in [1.82, 2.24) is 0 Å². The SMILES string of the molecule is CCCCCCCCCCCCCCCCCCOCC(O)COCCOCCOCCOC(c1ccccc1)(c1ccccc1)c1ccccc1. The van der Waals surface area contributed by atoms with Crippen LogP contribution in [-0.2, 0) is 29.3 Å². The fourth-order valence-corrected chi connectivity index (χ4v) is 6.70. The van der Waals surface area contributed by atoms with E-state index in [1.165, 1.54) is 96.3 Å². The maximum atomic E-state index is 10.2. The lowest BCUT2D eigenvalue weighted by atomic mass is 9.80. The minimum absolute atomic E-state index is 0.252. The summed E-state index contributed by atoms with van der Waals surface area (Å²) in [5, 5.41) is 10.2. The van der Waals surface area contributed by atoms with Crippen molar-refractivity contribution in [3.63, 3.8) is 0 Å². The Kier molecular flexibility index (Phi) is 25.1. The summed E-state index contributed by atoms with van der Waals surface area (Å²) < 4.78 is 29.5. The molecule has 3 aromatic carbocycles. The van der Waals surface area contributed by atoms with Gasteiger partial charge in [-0.2, -0.15) is 0 Å². The average Bonchev–Trinajstić information content (AvgIpc) is 3.19. The van der Waals surface area contributed by atoms with Gasteiger partial charge in [0, 0.05) is 6.61 Å². The zero-order valence-electron chi connectivity index (χ0n) is 32.4. The molecule has 0 fully saturated rings. The lowest BCUT2D eigenvalue weighted by molar-refractivity contribution is -0.0466. The zero-order valence-corrected chi connectivity index (χ0v) is 32.4. The smallest absolute Gasteiger partial charge is 0.143 e. The topological polar surface area (TPSA) is 66.4 Å². The number of hydrogen-bond acceptors (Lipinski definition) is 6. The van der Waals surface area contributed by atoms with Crippen LogP contribution in [0.3, 0.4) is 0 Å². The molecule has 0 aliphatic heterocycles. The van der Waals surface area contributed by atoms with Gasteiger partial charge >= 0.3 is 0 Å². The van der Waals surface area contributed by atoms with Gasteiger partial charge in [0.05, 0.1) is 52.9 Å². The first-order chi connectivity index (χ1) is 25.8. The van der Waals surface area contributed by atoms with Crippen molar-refractivity contribution >= 4 is 0 Å². The average molecular weight is 719 g/mol. The Balaban J connectivity index is 1.12. The molecule has 3 rings (SSSR count). The second-order valence-electron chi connectivity index (χ2n) is 14.0. The molecule has 0 heterocycles. The van der Waals surface area contributed by atoms with E-state index in [2.05, 4.69) is 43.3 Å². The summed E-state index contributed by atoms with van der Waals surface area (Å²) in [4.78, 5) is 0. The highest BCUT2D eigenvalue weighted by molar-refractivity contribution is 5.47.